The maximum Gasteiger partial charge on any atom is 0.261 e. The van der Waals surface area contributed by atoms with Crippen molar-refractivity contribution in [2.75, 3.05) is 25.0 Å². The summed E-state index contributed by atoms with van der Waals surface area (Å²) in [6.45, 7) is 3.88. The van der Waals surface area contributed by atoms with E-state index in [4.69, 9.17) is 16.6 Å². The van der Waals surface area contributed by atoms with Crippen molar-refractivity contribution in [2.45, 2.75) is 19.4 Å². The number of aliphatic hydroxyl groups excluding tert-OH is 1. The molecule has 5 N–H and O–H groups in total. The number of amidine groups is 1. The van der Waals surface area contributed by atoms with E-state index in [1.54, 1.807) is 30.5 Å². The average molecular weight is 477 g/mol. The third-order valence-corrected chi connectivity index (χ3v) is 6.15. The maximum absolute atomic E-state index is 12.8. The summed E-state index contributed by atoms with van der Waals surface area (Å²) in [6, 6.07) is 12.9. The number of aliphatic hydroxyl groups is 1. The van der Waals surface area contributed by atoms with Crippen LogP contribution in [0.5, 0.6) is 0 Å². The first kappa shape index (κ1) is 22.2. The average Bonchev–Trinajstić information content (AvgIpc) is 3.52. The van der Waals surface area contributed by atoms with Crippen LogP contribution < -0.4 is 16.2 Å². The number of hydrogen-bond donors (Lipinski definition) is 5. The number of aromatic amines is 2. The summed E-state index contributed by atoms with van der Waals surface area (Å²) in [7, 11) is 0. The molecule has 0 radical (unpaired) electrons. The molecule has 174 valence electrons. The second-order valence-corrected chi connectivity index (χ2v) is 8.61. The molecule has 2 aromatic carbocycles. The zero-order chi connectivity index (χ0) is 23.7. The van der Waals surface area contributed by atoms with Crippen LogP contribution in [0.25, 0.3) is 22.4 Å². The molecule has 2 aromatic heterocycles. The molecule has 8 nitrogen and oxygen atoms in total. The van der Waals surface area contributed by atoms with Crippen molar-refractivity contribution in [1.29, 1.82) is 0 Å². The standard InChI is InChI=1S/C25H25ClN6O2/c1-2-14-10-16(23-27-8-9-28-23)12-19-22(14)32-24(31-19)21-18(6-7-29-25(21)34)30-13-20(33)15-4-3-5-17(26)11-15/h3-7,10-12,20,33H,2,8-9,13H2,1H3,(H,27,28)(H,31,32)(H2,29,30,34). The van der Waals surface area contributed by atoms with E-state index in [2.05, 4.69) is 38.6 Å². The number of nitrogens with one attached hydrogen (secondary N) is 4. The van der Waals surface area contributed by atoms with E-state index in [1.807, 2.05) is 12.1 Å². The zero-order valence-corrected chi connectivity index (χ0v) is 19.4. The van der Waals surface area contributed by atoms with Gasteiger partial charge in [0.15, 0.2) is 0 Å². The van der Waals surface area contributed by atoms with Crippen molar-refractivity contribution in [3.8, 4) is 11.4 Å². The maximum atomic E-state index is 12.8. The molecule has 9 heteroatoms. The van der Waals surface area contributed by atoms with Gasteiger partial charge in [0.05, 0.1) is 29.4 Å². The lowest BCUT2D eigenvalue weighted by atomic mass is 10.1. The molecule has 0 saturated carbocycles. The number of hydrogen-bond acceptors (Lipinski definition) is 6. The first-order valence-corrected chi connectivity index (χ1v) is 11.6. The molecule has 1 atom stereocenters. The Kier molecular flexibility index (Phi) is 6.08. The van der Waals surface area contributed by atoms with Crippen LogP contribution in [0, 0.1) is 0 Å². The lowest BCUT2D eigenvalue weighted by molar-refractivity contribution is 0.191. The van der Waals surface area contributed by atoms with E-state index in [1.165, 1.54) is 0 Å². The number of aromatic nitrogens is 3. The summed E-state index contributed by atoms with van der Waals surface area (Å²) in [5.74, 6) is 1.34. The number of rotatable bonds is 7. The minimum absolute atomic E-state index is 0.201. The van der Waals surface area contributed by atoms with Gasteiger partial charge in [-0.25, -0.2) is 4.98 Å². The number of benzene rings is 2. The number of aryl methyl sites for hydroxylation is 1. The predicted octanol–water partition coefficient (Wildman–Crippen LogP) is 3.63. The highest BCUT2D eigenvalue weighted by atomic mass is 35.5. The third kappa shape index (κ3) is 4.30. The number of halogens is 1. The smallest absolute Gasteiger partial charge is 0.261 e. The Hall–Kier alpha value is -3.62. The molecular formula is C25H25ClN6O2. The molecule has 0 aliphatic carbocycles. The third-order valence-electron chi connectivity index (χ3n) is 5.91. The van der Waals surface area contributed by atoms with Gasteiger partial charge in [0.1, 0.15) is 17.2 Å². The summed E-state index contributed by atoms with van der Waals surface area (Å²) in [4.78, 5) is 28.2. The summed E-state index contributed by atoms with van der Waals surface area (Å²) < 4.78 is 0. The second-order valence-electron chi connectivity index (χ2n) is 8.17. The molecule has 0 bridgehead atoms. The monoisotopic (exact) mass is 476 g/mol. The van der Waals surface area contributed by atoms with Gasteiger partial charge < -0.3 is 25.7 Å². The molecule has 0 spiro atoms. The van der Waals surface area contributed by atoms with Gasteiger partial charge in [-0.05, 0) is 47.9 Å². The molecule has 1 aliphatic heterocycles. The van der Waals surface area contributed by atoms with E-state index in [9.17, 15) is 9.90 Å². The van der Waals surface area contributed by atoms with Crippen molar-refractivity contribution in [3.05, 3.63) is 80.7 Å². The summed E-state index contributed by atoms with van der Waals surface area (Å²) in [6.07, 6.45) is 1.57. The lowest BCUT2D eigenvalue weighted by Gasteiger charge is -2.15. The Labute approximate surface area is 201 Å². The van der Waals surface area contributed by atoms with Gasteiger partial charge in [-0.15, -0.1) is 0 Å². The summed E-state index contributed by atoms with van der Waals surface area (Å²) >= 11 is 6.05. The van der Waals surface area contributed by atoms with Crippen molar-refractivity contribution in [2.24, 2.45) is 4.99 Å². The van der Waals surface area contributed by atoms with Gasteiger partial charge in [-0.3, -0.25) is 9.79 Å². The Morgan fingerprint density at radius 1 is 1.24 bits per heavy atom. The SMILES string of the molecule is CCc1cc(C2=NCCN2)cc2[nH]c(-c3c(NCC(O)c4cccc(Cl)c4)cc[nH]c3=O)nc12. The van der Waals surface area contributed by atoms with Crippen LogP contribution in [0.4, 0.5) is 5.69 Å². The van der Waals surface area contributed by atoms with Gasteiger partial charge >= 0.3 is 0 Å². The van der Waals surface area contributed by atoms with E-state index in [0.717, 1.165) is 47.5 Å². The Balaban J connectivity index is 1.50. The van der Waals surface area contributed by atoms with E-state index in [0.29, 0.717) is 27.7 Å². The van der Waals surface area contributed by atoms with Crippen LogP contribution in [-0.2, 0) is 6.42 Å². The number of H-pyrrole nitrogens is 2. The topological polar surface area (TPSA) is 118 Å². The number of imidazole rings is 1. The molecule has 4 aromatic rings. The highest BCUT2D eigenvalue weighted by molar-refractivity contribution is 6.30. The molecule has 34 heavy (non-hydrogen) atoms. The molecule has 1 unspecified atom stereocenters. The molecule has 0 amide bonds. The van der Waals surface area contributed by atoms with E-state index in [-0.39, 0.29) is 12.1 Å². The molecule has 0 fully saturated rings. The number of aliphatic imine (C=N–C) groups is 1. The van der Waals surface area contributed by atoms with Gasteiger partial charge in [0, 0.05) is 29.9 Å². The van der Waals surface area contributed by atoms with Crippen molar-refractivity contribution >= 4 is 34.2 Å². The van der Waals surface area contributed by atoms with Crippen LogP contribution in [0.2, 0.25) is 5.02 Å². The van der Waals surface area contributed by atoms with Crippen LogP contribution in [0.1, 0.15) is 29.7 Å². The van der Waals surface area contributed by atoms with Gasteiger partial charge in [-0.1, -0.05) is 30.7 Å². The van der Waals surface area contributed by atoms with E-state index < -0.39 is 6.10 Å². The lowest BCUT2D eigenvalue weighted by Crippen LogP contribution is -2.19. The molecule has 0 saturated heterocycles. The Morgan fingerprint density at radius 2 is 2.12 bits per heavy atom. The van der Waals surface area contributed by atoms with E-state index >= 15 is 0 Å². The fourth-order valence-electron chi connectivity index (χ4n) is 4.20. The number of anilines is 1. The highest BCUT2D eigenvalue weighted by Crippen LogP contribution is 2.28. The minimum Gasteiger partial charge on any atom is -0.387 e. The van der Waals surface area contributed by atoms with Crippen molar-refractivity contribution in [1.82, 2.24) is 20.3 Å². The zero-order valence-electron chi connectivity index (χ0n) is 18.7. The largest absolute Gasteiger partial charge is 0.387 e. The normalized spacial score (nSPS) is 14.1. The quantitative estimate of drug-likeness (QED) is 0.279. The fraction of sp³-hybridized carbons (Fsp3) is 0.240. The first-order valence-electron chi connectivity index (χ1n) is 11.2. The predicted molar refractivity (Wildman–Crippen MR) is 136 cm³/mol. The van der Waals surface area contributed by atoms with Crippen molar-refractivity contribution < 1.29 is 5.11 Å². The number of pyridine rings is 1. The summed E-state index contributed by atoms with van der Waals surface area (Å²) in [5, 5.41) is 17.7. The van der Waals surface area contributed by atoms with Crippen LogP contribution in [0.3, 0.4) is 0 Å². The Morgan fingerprint density at radius 3 is 2.88 bits per heavy atom. The van der Waals surface area contributed by atoms with Gasteiger partial charge in [0.2, 0.25) is 0 Å². The number of nitrogens with zero attached hydrogens (tertiary/aromatic N) is 2. The van der Waals surface area contributed by atoms with Gasteiger partial charge in [0.25, 0.3) is 5.56 Å². The molecule has 3 heterocycles. The Bertz CT molecular complexity index is 1440. The van der Waals surface area contributed by atoms with Gasteiger partial charge in [-0.2, -0.15) is 0 Å². The molecule has 1 aliphatic rings. The second kappa shape index (κ2) is 9.32. The van der Waals surface area contributed by atoms with Crippen molar-refractivity contribution in [3.63, 3.8) is 0 Å². The number of fused-ring (bicyclic) bond motifs is 1. The van der Waals surface area contributed by atoms with Crippen LogP contribution in [-0.4, -0.2) is 45.5 Å². The first-order chi connectivity index (χ1) is 16.5. The van der Waals surface area contributed by atoms with Crippen LogP contribution >= 0.6 is 11.6 Å². The molecule has 5 rings (SSSR count). The fourth-order valence-corrected chi connectivity index (χ4v) is 4.40. The highest BCUT2D eigenvalue weighted by Gasteiger charge is 2.19. The molecular weight excluding hydrogens is 452 g/mol. The minimum atomic E-state index is -0.796. The summed E-state index contributed by atoms with van der Waals surface area (Å²) in [5.41, 5.74) is 5.12. The van der Waals surface area contributed by atoms with Crippen LogP contribution in [0.15, 0.2) is 58.4 Å².